The van der Waals surface area contributed by atoms with E-state index in [9.17, 15) is 13.6 Å². The van der Waals surface area contributed by atoms with Gasteiger partial charge in [0, 0.05) is 11.9 Å². The lowest BCUT2D eigenvalue weighted by Gasteiger charge is -2.18. The maximum absolute atomic E-state index is 13.1. The molecule has 0 heterocycles. The van der Waals surface area contributed by atoms with Crippen molar-refractivity contribution in [3.05, 3.63) is 71.3 Å². The number of benzene rings is 2. The molecule has 0 aliphatic rings. The number of hydrogen-bond acceptors (Lipinski definition) is 1. The topological polar surface area (TPSA) is 29.1 Å². The first-order chi connectivity index (χ1) is 10.6. The Hall–Kier alpha value is -1.75. The van der Waals surface area contributed by atoms with Crippen LogP contribution in [0, 0.1) is 11.6 Å². The summed E-state index contributed by atoms with van der Waals surface area (Å²) in [5, 5.41) is 3.65. The molecule has 0 bridgehead atoms. The average molecular weight is 368 g/mol. The summed E-state index contributed by atoms with van der Waals surface area (Å²) in [6.45, 7) is 0.545. The number of hydrogen-bond donors (Lipinski definition) is 1. The first-order valence-electron chi connectivity index (χ1n) is 6.96. The molecule has 116 valence electrons. The van der Waals surface area contributed by atoms with Crippen LogP contribution >= 0.6 is 15.9 Å². The van der Waals surface area contributed by atoms with Crippen molar-refractivity contribution in [1.82, 2.24) is 5.32 Å². The van der Waals surface area contributed by atoms with Crippen LogP contribution in [-0.2, 0) is 4.79 Å². The van der Waals surface area contributed by atoms with Gasteiger partial charge in [0.05, 0.1) is 5.92 Å². The lowest BCUT2D eigenvalue weighted by atomic mass is 9.90. The predicted octanol–water partition coefficient (Wildman–Crippen LogP) is 4.00. The Kier molecular flexibility index (Phi) is 6.07. The van der Waals surface area contributed by atoms with E-state index in [0.29, 0.717) is 17.7 Å². The molecule has 0 unspecified atom stereocenters. The van der Waals surface area contributed by atoms with Gasteiger partial charge >= 0.3 is 0 Å². The largest absolute Gasteiger partial charge is 0.355 e. The first kappa shape index (κ1) is 16.6. The lowest BCUT2D eigenvalue weighted by Crippen LogP contribution is -2.31. The minimum atomic E-state index is -0.587. The highest BCUT2D eigenvalue weighted by Gasteiger charge is 2.22. The number of amides is 1. The number of carbonyl (C=O) groups is 1. The standard InChI is InChI=1S/C17H16BrF2NO/c18-10-1-11-21-17(22)16(12-2-6-14(19)7-3-12)13-4-8-15(20)9-5-13/h2-9,16H,1,10-11H2,(H,21,22). The SMILES string of the molecule is O=C(NCCCBr)C(c1ccc(F)cc1)c1ccc(F)cc1. The van der Waals surface area contributed by atoms with Crippen LogP contribution in [0.3, 0.4) is 0 Å². The van der Waals surface area contributed by atoms with E-state index in [1.165, 1.54) is 24.3 Å². The van der Waals surface area contributed by atoms with Gasteiger partial charge in [-0.3, -0.25) is 4.79 Å². The van der Waals surface area contributed by atoms with Gasteiger partial charge in [-0.05, 0) is 41.8 Å². The van der Waals surface area contributed by atoms with Gasteiger partial charge in [-0.15, -0.1) is 0 Å². The zero-order valence-electron chi connectivity index (χ0n) is 11.9. The Morgan fingerprint density at radius 2 is 1.41 bits per heavy atom. The van der Waals surface area contributed by atoms with Crippen molar-refractivity contribution in [2.75, 3.05) is 11.9 Å². The van der Waals surface area contributed by atoms with Gasteiger partial charge in [0.15, 0.2) is 0 Å². The molecule has 2 rings (SSSR count). The summed E-state index contributed by atoms with van der Waals surface area (Å²) in [5.74, 6) is -1.49. The van der Waals surface area contributed by atoms with Gasteiger partial charge in [0.25, 0.3) is 0 Å². The second kappa shape index (κ2) is 8.03. The van der Waals surface area contributed by atoms with Crippen molar-refractivity contribution in [2.24, 2.45) is 0 Å². The van der Waals surface area contributed by atoms with E-state index in [1.54, 1.807) is 24.3 Å². The van der Waals surface area contributed by atoms with Crippen molar-refractivity contribution in [3.8, 4) is 0 Å². The fourth-order valence-corrected chi connectivity index (χ4v) is 2.47. The zero-order chi connectivity index (χ0) is 15.9. The summed E-state index contributed by atoms with van der Waals surface area (Å²) in [4.78, 5) is 12.5. The molecular weight excluding hydrogens is 352 g/mol. The van der Waals surface area contributed by atoms with Crippen LogP contribution in [0.2, 0.25) is 0 Å². The minimum Gasteiger partial charge on any atom is -0.355 e. The molecule has 0 aromatic heterocycles. The van der Waals surface area contributed by atoms with Gasteiger partial charge in [-0.1, -0.05) is 40.2 Å². The second-order valence-corrected chi connectivity index (χ2v) is 5.66. The van der Waals surface area contributed by atoms with Crippen molar-refractivity contribution in [3.63, 3.8) is 0 Å². The highest BCUT2D eigenvalue weighted by Crippen LogP contribution is 2.25. The molecule has 1 amide bonds. The van der Waals surface area contributed by atoms with Crippen LogP contribution < -0.4 is 5.32 Å². The summed E-state index contributed by atoms with van der Waals surface area (Å²) >= 11 is 3.31. The Bertz CT molecular complexity index is 568. The van der Waals surface area contributed by atoms with Crippen molar-refractivity contribution in [2.45, 2.75) is 12.3 Å². The third-order valence-electron chi connectivity index (χ3n) is 3.28. The maximum Gasteiger partial charge on any atom is 0.232 e. The summed E-state index contributed by atoms with van der Waals surface area (Å²) < 4.78 is 26.2. The molecule has 1 N–H and O–H groups in total. The molecule has 0 saturated heterocycles. The molecule has 0 aliphatic carbocycles. The Labute approximate surface area is 136 Å². The Balaban J connectivity index is 2.29. The maximum atomic E-state index is 13.1. The number of carbonyl (C=O) groups excluding carboxylic acids is 1. The molecule has 0 spiro atoms. The molecule has 5 heteroatoms. The molecule has 2 aromatic rings. The Morgan fingerprint density at radius 3 is 1.82 bits per heavy atom. The van der Waals surface area contributed by atoms with Crippen LogP contribution in [0.1, 0.15) is 23.5 Å². The van der Waals surface area contributed by atoms with Crippen molar-refractivity contribution < 1.29 is 13.6 Å². The number of alkyl halides is 1. The Morgan fingerprint density at radius 1 is 0.955 bits per heavy atom. The van der Waals surface area contributed by atoms with Crippen LogP contribution in [0.25, 0.3) is 0 Å². The quantitative estimate of drug-likeness (QED) is 0.606. The van der Waals surface area contributed by atoms with E-state index in [1.807, 2.05) is 0 Å². The van der Waals surface area contributed by atoms with Gasteiger partial charge in [0.2, 0.25) is 5.91 Å². The summed E-state index contributed by atoms with van der Waals surface area (Å²) in [6, 6.07) is 11.6. The van der Waals surface area contributed by atoms with E-state index in [0.717, 1.165) is 11.8 Å². The molecule has 22 heavy (non-hydrogen) atoms. The van der Waals surface area contributed by atoms with E-state index >= 15 is 0 Å². The van der Waals surface area contributed by atoms with E-state index in [2.05, 4.69) is 21.2 Å². The molecular formula is C17H16BrF2NO. The van der Waals surface area contributed by atoms with Crippen LogP contribution in [0.15, 0.2) is 48.5 Å². The molecule has 0 radical (unpaired) electrons. The highest BCUT2D eigenvalue weighted by molar-refractivity contribution is 9.09. The number of halogens is 3. The summed E-state index contributed by atoms with van der Waals surface area (Å²) in [7, 11) is 0. The fourth-order valence-electron chi connectivity index (χ4n) is 2.19. The monoisotopic (exact) mass is 367 g/mol. The minimum absolute atomic E-state index is 0.181. The molecule has 0 atom stereocenters. The van der Waals surface area contributed by atoms with E-state index in [-0.39, 0.29) is 17.5 Å². The third-order valence-corrected chi connectivity index (χ3v) is 3.84. The van der Waals surface area contributed by atoms with Crippen LogP contribution in [-0.4, -0.2) is 17.8 Å². The molecule has 0 fully saturated rings. The molecule has 2 aromatic carbocycles. The molecule has 0 saturated carbocycles. The van der Waals surface area contributed by atoms with Gasteiger partial charge in [-0.25, -0.2) is 8.78 Å². The van der Waals surface area contributed by atoms with Crippen molar-refractivity contribution in [1.29, 1.82) is 0 Å². The zero-order valence-corrected chi connectivity index (χ0v) is 13.4. The van der Waals surface area contributed by atoms with E-state index < -0.39 is 5.92 Å². The first-order valence-corrected chi connectivity index (χ1v) is 8.08. The smallest absolute Gasteiger partial charge is 0.232 e. The highest BCUT2D eigenvalue weighted by atomic mass is 79.9. The molecule has 0 aliphatic heterocycles. The van der Waals surface area contributed by atoms with Crippen molar-refractivity contribution >= 4 is 21.8 Å². The normalized spacial score (nSPS) is 10.7. The van der Waals surface area contributed by atoms with E-state index in [4.69, 9.17) is 0 Å². The third kappa shape index (κ3) is 4.37. The summed E-state index contributed by atoms with van der Waals surface area (Å²) in [6.07, 6.45) is 0.811. The number of rotatable bonds is 6. The lowest BCUT2D eigenvalue weighted by molar-refractivity contribution is -0.121. The fraction of sp³-hybridized carbons (Fsp3) is 0.235. The van der Waals surface area contributed by atoms with Gasteiger partial charge < -0.3 is 5.32 Å². The summed E-state index contributed by atoms with van der Waals surface area (Å²) in [5.41, 5.74) is 1.34. The van der Waals surface area contributed by atoms with Crippen LogP contribution in [0.4, 0.5) is 8.78 Å². The second-order valence-electron chi connectivity index (χ2n) is 4.87. The predicted molar refractivity (Wildman–Crippen MR) is 86.1 cm³/mol. The van der Waals surface area contributed by atoms with Crippen LogP contribution in [0.5, 0.6) is 0 Å². The molecule has 2 nitrogen and oxygen atoms in total. The average Bonchev–Trinajstić information content (AvgIpc) is 2.52. The number of nitrogens with one attached hydrogen (secondary N) is 1. The van der Waals surface area contributed by atoms with Gasteiger partial charge in [-0.2, -0.15) is 0 Å². The van der Waals surface area contributed by atoms with Gasteiger partial charge in [0.1, 0.15) is 11.6 Å².